The minimum atomic E-state index is 0.570. The van der Waals surface area contributed by atoms with Gasteiger partial charge in [-0.3, -0.25) is 0 Å². The van der Waals surface area contributed by atoms with Crippen molar-refractivity contribution in [3.8, 4) is 44.5 Å². The lowest BCUT2D eigenvalue weighted by atomic mass is 9.80. The van der Waals surface area contributed by atoms with Crippen LogP contribution in [0.1, 0.15) is 43.6 Å². The maximum Gasteiger partial charge on any atom is 0.0540 e. The lowest BCUT2D eigenvalue weighted by molar-refractivity contribution is 0.445. The van der Waals surface area contributed by atoms with E-state index in [1.54, 1.807) is 0 Å². The summed E-state index contributed by atoms with van der Waals surface area (Å²) >= 11 is 1.89. The lowest BCUT2D eigenvalue weighted by Gasteiger charge is -2.31. The molecule has 0 aliphatic heterocycles. The maximum absolute atomic E-state index is 2.55. The zero-order chi connectivity index (χ0) is 42.4. The number of hydrogen-bond acceptors (Lipinski definition) is 2. The van der Waals surface area contributed by atoms with Crippen LogP contribution < -0.4 is 4.90 Å². The number of rotatable bonds is 8. The molecule has 0 atom stereocenters. The van der Waals surface area contributed by atoms with Crippen LogP contribution in [-0.4, -0.2) is 0 Å². The number of anilines is 3. The van der Waals surface area contributed by atoms with E-state index in [9.17, 15) is 0 Å². The Morgan fingerprint density at radius 1 is 0.375 bits per heavy atom. The molecule has 0 radical (unpaired) electrons. The molecule has 0 spiro atoms. The molecule has 306 valence electrons. The van der Waals surface area contributed by atoms with Crippen molar-refractivity contribution in [2.75, 3.05) is 4.90 Å². The van der Waals surface area contributed by atoms with Crippen LogP contribution in [0.4, 0.5) is 17.1 Å². The molecule has 0 amide bonds. The molecule has 11 aromatic rings. The summed E-state index contributed by atoms with van der Waals surface area (Å²) in [5, 5.41) is 7.82. The average Bonchev–Trinajstić information content (AvgIpc) is 3.76. The van der Waals surface area contributed by atoms with Gasteiger partial charge < -0.3 is 4.90 Å². The minimum absolute atomic E-state index is 0.570. The highest BCUT2D eigenvalue weighted by Gasteiger charge is 2.25. The first-order valence-electron chi connectivity index (χ1n) is 22.9. The SMILES string of the molecule is c1ccc(-c2cccc3cccc(-c4ccccc4N(c4cccc(-c5cccc6c5sc5ccccc56)c4)c4ccccc4-c4cccc5cccc(C6CCCCC6)c45)c23)cc1. The second kappa shape index (κ2) is 16.5. The van der Waals surface area contributed by atoms with E-state index in [2.05, 4.69) is 223 Å². The molecular weight excluding hydrogens is 791 g/mol. The molecule has 0 saturated heterocycles. The Balaban J connectivity index is 1.12. The predicted octanol–water partition coefficient (Wildman–Crippen LogP) is 18.5. The second-order valence-electron chi connectivity index (χ2n) is 17.4. The van der Waals surface area contributed by atoms with Crippen LogP contribution in [0.25, 0.3) is 86.2 Å². The normalized spacial score (nSPS) is 13.2. The molecule has 1 heterocycles. The summed E-state index contributed by atoms with van der Waals surface area (Å²) in [6.07, 6.45) is 6.45. The molecule has 1 nitrogen and oxygen atoms in total. The van der Waals surface area contributed by atoms with Crippen molar-refractivity contribution in [1.29, 1.82) is 0 Å². The molecule has 0 unspecified atom stereocenters. The molecule has 10 aromatic carbocycles. The molecule has 64 heavy (non-hydrogen) atoms. The first-order valence-corrected chi connectivity index (χ1v) is 23.7. The maximum atomic E-state index is 2.55. The molecule has 0 bridgehead atoms. The number of fused-ring (bicyclic) bond motifs is 5. The summed E-state index contributed by atoms with van der Waals surface area (Å²) in [6, 6.07) is 81.3. The summed E-state index contributed by atoms with van der Waals surface area (Å²) in [7, 11) is 0. The molecule has 1 fully saturated rings. The molecule has 1 aliphatic rings. The van der Waals surface area contributed by atoms with Gasteiger partial charge in [-0.15, -0.1) is 11.3 Å². The van der Waals surface area contributed by atoms with Crippen molar-refractivity contribution in [2.45, 2.75) is 38.0 Å². The van der Waals surface area contributed by atoms with E-state index in [-0.39, 0.29) is 0 Å². The molecule has 1 saturated carbocycles. The summed E-state index contributed by atoms with van der Waals surface area (Å²) in [4.78, 5) is 2.55. The Hall–Kier alpha value is -7.26. The van der Waals surface area contributed by atoms with E-state index in [0.717, 1.165) is 17.1 Å². The van der Waals surface area contributed by atoms with Gasteiger partial charge in [-0.1, -0.05) is 207 Å². The van der Waals surface area contributed by atoms with E-state index in [0.29, 0.717) is 5.92 Å². The van der Waals surface area contributed by atoms with Gasteiger partial charge in [0, 0.05) is 37.0 Å². The molecule has 2 heteroatoms. The molecule has 12 rings (SSSR count). The number of thiophene rings is 1. The third-order valence-electron chi connectivity index (χ3n) is 13.7. The predicted molar refractivity (Wildman–Crippen MR) is 277 cm³/mol. The smallest absolute Gasteiger partial charge is 0.0540 e. The second-order valence-corrected chi connectivity index (χ2v) is 18.4. The van der Waals surface area contributed by atoms with Crippen LogP contribution in [-0.2, 0) is 0 Å². The van der Waals surface area contributed by atoms with Crippen LogP contribution >= 0.6 is 11.3 Å². The molecule has 1 aliphatic carbocycles. The lowest BCUT2D eigenvalue weighted by Crippen LogP contribution is -2.13. The van der Waals surface area contributed by atoms with Gasteiger partial charge in [0.15, 0.2) is 0 Å². The summed E-state index contributed by atoms with van der Waals surface area (Å²) in [5.41, 5.74) is 14.7. The van der Waals surface area contributed by atoms with Crippen LogP contribution in [0.2, 0.25) is 0 Å². The summed E-state index contributed by atoms with van der Waals surface area (Å²) in [6.45, 7) is 0. The Morgan fingerprint density at radius 3 is 1.66 bits per heavy atom. The van der Waals surface area contributed by atoms with E-state index >= 15 is 0 Å². The highest BCUT2D eigenvalue weighted by molar-refractivity contribution is 7.26. The van der Waals surface area contributed by atoms with Crippen molar-refractivity contribution in [2.24, 2.45) is 0 Å². The van der Waals surface area contributed by atoms with Gasteiger partial charge in [0.25, 0.3) is 0 Å². The van der Waals surface area contributed by atoms with Gasteiger partial charge in [-0.05, 0) is 110 Å². The van der Waals surface area contributed by atoms with Crippen molar-refractivity contribution in [3.05, 3.63) is 224 Å². The first-order chi connectivity index (χ1) is 31.8. The first kappa shape index (κ1) is 38.4. The monoisotopic (exact) mass is 837 g/mol. The van der Waals surface area contributed by atoms with E-state index in [1.165, 1.54) is 124 Å². The van der Waals surface area contributed by atoms with E-state index < -0.39 is 0 Å². The van der Waals surface area contributed by atoms with Crippen molar-refractivity contribution >= 4 is 70.1 Å². The van der Waals surface area contributed by atoms with Gasteiger partial charge in [-0.25, -0.2) is 0 Å². The van der Waals surface area contributed by atoms with Gasteiger partial charge in [-0.2, -0.15) is 0 Å². The third kappa shape index (κ3) is 6.69. The zero-order valence-corrected chi connectivity index (χ0v) is 36.6. The third-order valence-corrected chi connectivity index (χ3v) is 14.9. The topological polar surface area (TPSA) is 3.24 Å². The van der Waals surface area contributed by atoms with Crippen LogP contribution in [0.15, 0.2) is 218 Å². The largest absolute Gasteiger partial charge is 0.309 e. The van der Waals surface area contributed by atoms with Crippen molar-refractivity contribution < 1.29 is 0 Å². The fourth-order valence-electron chi connectivity index (χ4n) is 10.8. The zero-order valence-electron chi connectivity index (χ0n) is 35.8. The Labute approximate surface area is 379 Å². The number of benzene rings is 10. The summed E-state index contributed by atoms with van der Waals surface area (Å²) < 4.78 is 2.64. The molecule has 1 aromatic heterocycles. The minimum Gasteiger partial charge on any atom is -0.309 e. The van der Waals surface area contributed by atoms with Gasteiger partial charge in [0.05, 0.1) is 11.4 Å². The Kier molecular flexibility index (Phi) is 9.88. The Morgan fingerprint density at radius 2 is 0.906 bits per heavy atom. The van der Waals surface area contributed by atoms with Crippen LogP contribution in [0, 0.1) is 0 Å². The van der Waals surface area contributed by atoms with Gasteiger partial charge in [0.1, 0.15) is 0 Å². The number of para-hydroxylation sites is 2. The number of hydrogen-bond donors (Lipinski definition) is 0. The standard InChI is InChI=1S/C62H47NS/c1-3-19-42(20-4-1)48-32-14-23-44-25-16-35-54(60(44)48)51-29-7-10-38-57(51)63(47-28-13-27-46(41-47)50-34-18-37-56-53-31-9-12-40-59(53)64-62(50)56)58-39-11-8-30-52(58)55-36-17-26-45-24-15-33-49(61(45)55)43-21-5-2-6-22-43/h1,3-4,7-20,23-41,43H,2,5-6,21-22H2. The van der Waals surface area contributed by atoms with E-state index in [1.807, 2.05) is 11.3 Å². The Bertz CT molecular complexity index is 3490. The quantitative estimate of drug-likeness (QED) is 0.147. The van der Waals surface area contributed by atoms with Crippen LogP contribution in [0.3, 0.4) is 0 Å². The fraction of sp³-hybridized carbons (Fsp3) is 0.0968. The van der Waals surface area contributed by atoms with Crippen molar-refractivity contribution in [1.82, 2.24) is 0 Å². The number of nitrogens with zero attached hydrogens (tertiary/aromatic N) is 1. The molecular formula is C62H47NS. The van der Waals surface area contributed by atoms with Crippen molar-refractivity contribution in [3.63, 3.8) is 0 Å². The fourth-order valence-corrected chi connectivity index (χ4v) is 12.0. The highest BCUT2D eigenvalue weighted by Crippen LogP contribution is 2.50. The van der Waals surface area contributed by atoms with E-state index in [4.69, 9.17) is 0 Å². The average molecular weight is 838 g/mol. The summed E-state index contributed by atoms with van der Waals surface area (Å²) in [5.74, 6) is 0.570. The molecule has 0 N–H and O–H groups in total. The van der Waals surface area contributed by atoms with Crippen LogP contribution in [0.5, 0.6) is 0 Å². The van der Waals surface area contributed by atoms with Gasteiger partial charge >= 0.3 is 0 Å². The highest BCUT2D eigenvalue weighted by atomic mass is 32.1. The van der Waals surface area contributed by atoms with Gasteiger partial charge in [0.2, 0.25) is 0 Å².